The molecule has 1 saturated carbocycles. The molecule has 5 nitrogen and oxygen atoms in total. The largest absolute Gasteiger partial charge is 0.329 e. The van der Waals surface area contributed by atoms with Gasteiger partial charge in [-0.05, 0) is 26.8 Å². The van der Waals surface area contributed by atoms with Crippen LogP contribution in [0.4, 0.5) is 0 Å². The van der Waals surface area contributed by atoms with Gasteiger partial charge in [-0.3, -0.25) is 14.3 Å². The van der Waals surface area contributed by atoms with Gasteiger partial charge in [0.25, 0.3) is 5.56 Å². The summed E-state index contributed by atoms with van der Waals surface area (Å²) in [6.07, 6.45) is 2.42. The van der Waals surface area contributed by atoms with Gasteiger partial charge in [0.2, 0.25) is 0 Å². The highest BCUT2D eigenvalue weighted by atomic mass is 35.5. The van der Waals surface area contributed by atoms with Crippen molar-refractivity contribution >= 4 is 11.6 Å². The van der Waals surface area contributed by atoms with Crippen LogP contribution in [0.1, 0.15) is 18.4 Å². The number of nitrogens with zero attached hydrogens (tertiary/aromatic N) is 2. The second-order valence-corrected chi connectivity index (χ2v) is 4.92. The molecule has 1 aliphatic carbocycles. The van der Waals surface area contributed by atoms with Crippen LogP contribution in [0.2, 0.25) is 5.15 Å². The highest BCUT2D eigenvalue weighted by molar-refractivity contribution is 6.30. The van der Waals surface area contributed by atoms with Crippen molar-refractivity contribution in [2.45, 2.75) is 32.4 Å². The van der Waals surface area contributed by atoms with E-state index in [1.807, 2.05) is 7.05 Å². The van der Waals surface area contributed by atoms with Gasteiger partial charge in [-0.1, -0.05) is 11.6 Å². The lowest BCUT2D eigenvalue weighted by atomic mass is 10.4. The van der Waals surface area contributed by atoms with Gasteiger partial charge in [0.15, 0.2) is 0 Å². The molecule has 1 aromatic heterocycles. The zero-order chi connectivity index (χ0) is 12.6. The van der Waals surface area contributed by atoms with Gasteiger partial charge in [0, 0.05) is 24.7 Å². The van der Waals surface area contributed by atoms with Crippen molar-refractivity contribution in [2.24, 2.45) is 0 Å². The van der Waals surface area contributed by atoms with E-state index in [-0.39, 0.29) is 10.7 Å². The topological polar surface area (TPSA) is 58.1 Å². The van der Waals surface area contributed by atoms with E-state index in [0.29, 0.717) is 24.7 Å². The van der Waals surface area contributed by atoms with E-state index in [1.165, 1.54) is 17.4 Å². The molecule has 1 N–H and O–H groups in total. The molecule has 0 radical (unpaired) electrons. The predicted molar refractivity (Wildman–Crippen MR) is 66.7 cm³/mol. The summed E-state index contributed by atoms with van der Waals surface area (Å²) >= 11 is 5.74. The first-order valence-corrected chi connectivity index (χ1v) is 6.08. The number of aromatic amines is 1. The molecule has 0 saturated heterocycles. The molecule has 6 heteroatoms. The minimum Gasteiger partial charge on any atom is -0.302 e. The summed E-state index contributed by atoms with van der Waals surface area (Å²) in [6, 6.07) is 0.623. The Balaban J connectivity index is 2.18. The fourth-order valence-electron chi connectivity index (χ4n) is 1.80. The highest BCUT2D eigenvalue weighted by Gasteiger charge is 2.25. The molecule has 1 fully saturated rings. The van der Waals surface area contributed by atoms with Crippen LogP contribution in [0.15, 0.2) is 9.59 Å². The molecule has 1 heterocycles. The number of hydrogen-bond donors (Lipinski definition) is 1. The van der Waals surface area contributed by atoms with Gasteiger partial charge in [-0.15, -0.1) is 0 Å². The standard InChI is InChI=1S/C11H16ClN3O2/c1-7-9(12)13-11(17)15(10(7)16)6-5-14(2)8-3-4-8/h8H,3-6H2,1-2H3,(H,13,17). The minimum absolute atomic E-state index is 0.131. The van der Waals surface area contributed by atoms with Crippen LogP contribution in [-0.4, -0.2) is 34.1 Å². The maximum Gasteiger partial charge on any atom is 0.329 e. The molecule has 2 rings (SSSR count). The van der Waals surface area contributed by atoms with Crippen molar-refractivity contribution in [3.8, 4) is 0 Å². The number of H-pyrrole nitrogens is 1. The van der Waals surface area contributed by atoms with E-state index >= 15 is 0 Å². The lowest BCUT2D eigenvalue weighted by molar-refractivity contribution is 0.305. The quantitative estimate of drug-likeness (QED) is 0.804. The Kier molecular flexibility index (Phi) is 3.40. The Morgan fingerprint density at radius 3 is 2.71 bits per heavy atom. The van der Waals surface area contributed by atoms with E-state index in [9.17, 15) is 9.59 Å². The third-order valence-corrected chi connectivity index (χ3v) is 3.58. The summed E-state index contributed by atoms with van der Waals surface area (Å²) in [6.45, 7) is 2.72. The van der Waals surface area contributed by atoms with Crippen LogP contribution in [0.3, 0.4) is 0 Å². The van der Waals surface area contributed by atoms with Crippen LogP contribution in [-0.2, 0) is 6.54 Å². The first kappa shape index (κ1) is 12.4. The van der Waals surface area contributed by atoms with Crippen molar-refractivity contribution in [1.82, 2.24) is 14.5 Å². The number of halogens is 1. The first-order valence-electron chi connectivity index (χ1n) is 5.70. The van der Waals surface area contributed by atoms with E-state index in [0.717, 1.165) is 0 Å². The molecule has 0 unspecified atom stereocenters. The first-order chi connectivity index (χ1) is 8.00. The fourth-order valence-corrected chi connectivity index (χ4v) is 1.96. The smallest absolute Gasteiger partial charge is 0.302 e. The second kappa shape index (κ2) is 4.66. The molecule has 0 amide bonds. The summed E-state index contributed by atoms with van der Waals surface area (Å²) in [4.78, 5) is 28.1. The summed E-state index contributed by atoms with van der Waals surface area (Å²) in [5.41, 5.74) is -0.349. The molecule has 0 aliphatic heterocycles. The Bertz CT molecular complexity index is 530. The Morgan fingerprint density at radius 1 is 1.47 bits per heavy atom. The monoisotopic (exact) mass is 257 g/mol. The van der Waals surface area contributed by atoms with Crippen molar-refractivity contribution in [1.29, 1.82) is 0 Å². The summed E-state index contributed by atoms with van der Waals surface area (Å²) in [7, 11) is 2.01. The highest BCUT2D eigenvalue weighted by Crippen LogP contribution is 2.24. The van der Waals surface area contributed by atoms with E-state index in [2.05, 4.69) is 9.88 Å². The average Bonchev–Trinajstić information content (AvgIpc) is 3.09. The molecular weight excluding hydrogens is 242 g/mol. The maximum atomic E-state index is 11.8. The normalized spacial score (nSPS) is 15.5. The van der Waals surface area contributed by atoms with Crippen LogP contribution >= 0.6 is 11.6 Å². The summed E-state index contributed by atoms with van der Waals surface area (Å²) in [5.74, 6) is 0. The van der Waals surface area contributed by atoms with Crippen LogP contribution in [0.25, 0.3) is 0 Å². The van der Waals surface area contributed by atoms with Crippen LogP contribution in [0.5, 0.6) is 0 Å². The number of hydrogen-bond acceptors (Lipinski definition) is 3. The van der Waals surface area contributed by atoms with E-state index in [4.69, 9.17) is 11.6 Å². The number of likely N-dealkylation sites (N-methyl/N-ethyl adjacent to an activating group) is 1. The fraction of sp³-hybridized carbons (Fsp3) is 0.636. The van der Waals surface area contributed by atoms with Crippen molar-refractivity contribution in [3.05, 3.63) is 31.6 Å². The van der Waals surface area contributed by atoms with Crippen molar-refractivity contribution in [2.75, 3.05) is 13.6 Å². The summed E-state index contributed by atoms with van der Waals surface area (Å²) < 4.78 is 1.21. The van der Waals surface area contributed by atoms with E-state index in [1.54, 1.807) is 6.92 Å². The number of aromatic nitrogens is 2. The molecule has 0 bridgehead atoms. The molecule has 94 valence electrons. The average molecular weight is 258 g/mol. The van der Waals surface area contributed by atoms with Gasteiger partial charge >= 0.3 is 5.69 Å². The lowest BCUT2D eigenvalue weighted by Crippen LogP contribution is -2.39. The Hall–Kier alpha value is -1.07. The Morgan fingerprint density at radius 2 is 2.12 bits per heavy atom. The number of rotatable bonds is 4. The second-order valence-electron chi connectivity index (χ2n) is 4.54. The summed E-state index contributed by atoms with van der Waals surface area (Å²) in [5, 5.41) is 0.131. The SMILES string of the molecule is Cc1c(Cl)[nH]c(=O)n(CCN(C)C2CC2)c1=O. The van der Waals surface area contributed by atoms with E-state index < -0.39 is 5.69 Å². The van der Waals surface area contributed by atoms with Gasteiger partial charge < -0.3 is 4.90 Å². The molecular formula is C11H16ClN3O2. The zero-order valence-electron chi connectivity index (χ0n) is 9.99. The third-order valence-electron chi connectivity index (χ3n) is 3.20. The van der Waals surface area contributed by atoms with Crippen molar-refractivity contribution < 1.29 is 0 Å². The van der Waals surface area contributed by atoms with Gasteiger partial charge in [-0.25, -0.2) is 4.79 Å². The van der Waals surface area contributed by atoms with Gasteiger partial charge in [-0.2, -0.15) is 0 Å². The maximum absolute atomic E-state index is 11.8. The Labute approximate surface area is 104 Å². The van der Waals surface area contributed by atoms with Crippen molar-refractivity contribution in [3.63, 3.8) is 0 Å². The molecule has 1 aromatic rings. The zero-order valence-corrected chi connectivity index (χ0v) is 10.8. The van der Waals surface area contributed by atoms with Gasteiger partial charge in [0.1, 0.15) is 5.15 Å². The van der Waals surface area contributed by atoms with Crippen LogP contribution < -0.4 is 11.2 Å². The van der Waals surface area contributed by atoms with Crippen LogP contribution in [0, 0.1) is 6.92 Å². The molecule has 0 spiro atoms. The predicted octanol–water partition coefficient (Wildman–Crippen LogP) is 0.593. The molecule has 1 aliphatic rings. The van der Waals surface area contributed by atoms with Gasteiger partial charge in [0.05, 0.1) is 0 Å². The molecule has 0 aromatic carbocycles. The molecule has 0 atom stereocenters. The number of nitrogens with one attached hydrogen (secondary N) is 1. The lowest BCUT2D eigenvalue weighted by Gasteiger charge is -2.16. The molecule has 17 heavy (non-hydrogen) atoms. The minimum atomic E-state index is -0.435. The third kappa shape index (κ3) is 2.61.